The van der Waals surface area contributed by atoms with Crippen LogP contribution in [0, 0.1) is 0 Å². The molecule has 25 heavy (non-hydrogen) atoms. The van der Waals surface area contributed by atoms with Crippen LogP contribution >= 0.6 is 0 Å². The minimum Gasteiger partial charge on any atom is -0.496 e. The van der Waals surface area contributed by atoms with E-state index < -0.39 is 0 Å². The summed E-state index contributed by atoms with van der Waals surface area (Å²) in [7, 11) is 1.71. The van der Waals surface area contributed by atoms with Crippen molar-refractivity contribution in [1.82, 2.24) is 14.5 Å². The third-order valence-corrected chi connectivity index (χ3v) is 5.04. The van der Waals surface area contributed by atoms with E-state index in [2.05, 4.69) is 21.7 Å². The van der Waals surface area contributed by atoms with Crippen molar-refractivity contribution in [3.63, 3.8) is 0 Å². The molecule has 6 heteroatoms. The number of amides is 1. The van der Waals surface area contributed by atoms with Gasteiger partial charge < -0.3 is 18.9 Å². The molecule has 1 aromatic carbocycles. The molecule has 0 unspecified atom stereocenters. The molecule has 1 amide bonds. The van der Waals surface area contributed by atoms with Crippen molar-refractivity contribution in [3.05, 3.63) is 35.7 Å². The lowest BCUT2D eigenvalue weighted by Crippen LogP contribution is -2.39. The van der Waals surface area contributed by atoms with Crippen LogP contribution in [0.2, 0.25) is 0 Å². The maximum Gasteiger partial charge on any atom is 0.409 e. The lowest BCUT2D eigenvalue weighted by Gasteiger charge is -2.26. The van der Waals surface area contributed by atoms with Gasteiger partial charge in [0.05, 0.1) is 19.3 Å². The summed E-state index contributed by atoms with van der Waals surface area (Å²) in [5.74, 6) is 1.75. The summed E-state index contributed by atoms with van der Waals surface area (Å²) >= 11 is 0. The van der Waals surface area contributed by atoms with E-state index in [-0.39, 0.29) is 6.09 Å². The molecule has 0 spiro atoms. The fourth-order valence-electron chi connectivity index (χ4n) is 3.71. The molecule has 1 saturated heterocycles. The summed E-state index contributed by atoms with van der Waals surface area (Å²) < 4.78 is 12.8. The molecule has 1 aliphatic heterocycles. The van der Waals surface area contributed by atoms with Gasteiger partial charge in [-0.2, -0.15) is 0 Å². The van der Waals surface area contributed by atoms with E-state index in [0.29, 0.717) is 19.7 Å². The van der Waals surface area contributed by atoms with Crippen LogP contribution in [0.3, 0.4) is 0 Å². The molecule has 0 N–H and O–H groups in total. The van der Waals surface area contributed by atoms with Crippen LogP contribution < -0.4 is 4.74 Å². The van der Waals surface area contributed by atoms with Gasteiger partial charge in [0, 0.05) is 32.0 Å². The van der Waals surface area contributed by atoms with Crippen molar-refractivity contribution >= 4 is 6.09 Å². The van der Waals surface area contributed by atoms with Crippen molar-refractivity contribution in [3.8, 4) is 17.1 Å². The summed E-state index contributed by atoms with van der Waals surface area (Å²) in [6, 6.07) is 4.37. The SMILES string of the molecule is COc1cc2c(cc1-c1nccn1CCN1CCCOC1=O)CCC2. The number of rotatable bonds is 5. The van der Waals surface area contributed by atoms with Gasteiger partial charge in [0.1, 0.15) is 11.6 Å². The summed E-state index contributed by atoms with van der Waals surface area (Å²) in [5.41, 5.74) is 3.80. The van der Waals surface area contributed by atoms with Crippen molar-refractivity contribution < 1.29 is 14.3 Å². The van der Waals surface area contributed by atoms with Gasteiger partial charge in [-0.05, 0) is 48.9 Å². The first kappa shape index (κ1) is 16.0. The standard InChI is InChI=1S/C19H23N3O3/c1-24-17-13-15-5-2-4-14(15)12-16(17)18-20-6-8-21(18)9-10-22-7-3-11-25-19(22)23/h6,8,12-13H,2-5,7,9-11H2,1H3. The Hall–Kier alpha value is -2.50. The number of carbonyl (C=O) groups is 1. The molecule has 2 aromatic rings. The summed E-state index contributed by atoms with van der Waals surface area (Å²) in [6.07, 6.45) is 7.87. The molecule has 6 nitrogen and oxygen atoms in total. The number of methoxy groups -OCH3 is 1. The lowest BCUT2D eigenvalue weighted by molar-refractivity contribution is 0.0716. The van der Waals surface area contributed by atoms with E-state index in [1.807, 2.05) is 6.20 Å². The zero-order valence-electron chi connectivity index (χ0n) is 14.5. The van der Waals surface area contributed by atoms with Crippen molar-refractivity contribution in [2.24, 2.45) is 0 Å². The summed E-state index contributed by atoms with van der Waals surface area (Å²) in [6.45, 7) is 2.59. The number of carbonyl (C=O) groups excluding carboxylic acids is 1. The van der Waals surface area contributed by atoms with Gasteiger partial charge in [-0.25, -0.2) is 9.78 Å². The summed E-state index contributed by atoms with van der Waals surface area (Å²) in [5, 5.41) is 0. The largest absolute Gasteiger partial charge is 0.496 e. The molecule has 0 bridgehead atoms. The Morgan fingerprint density at radius 1 is 1.20 bits per heavy atom. The molecular weight excluding hydrogens is 318 g/mol. The first-order valence-corrected chi connectivity index (χ1v) is 8.89. The minimum atomic E-state index is -0.219. The van der Waals surface area contributed by atoms with Crippen LogP contribution in [0.15, 0.2) is 24.5 Å². The molecule has 2 heterocycles. The number of hydrogen-bond acceptors (Lipinski definition) is 4. The topological polar surface area (TPSA) is 56.6 Å². The number of ether oxygens (including phenoxy) is 2. The van der Waals surface area contributed by atoms with Gasteiger partial charge in [-0.1, -0.05) is 0 Å². The fourth-order valence-corrected chi connectivity index (χ4v) is 3.71. The van der Waals surface area contributed by atoms with Gasteiger partial charge in [0.25, 0.3) is 0 Å². The number of hydrogen-bond donors (Lipinski definition) is 0. The van der Waals surface area contributed by atoms with Crippen molar-refractivity contribution in [2.45, 2.75) is 32.2 Å². The van der Waals surface area contributed by atoms with E-state index in [1.165, 1.54) is 17.5 Å². The molecule has 0 atom stereocenters. The van der Waals surface area contributed by atoms with Crippen molar-refractivity contribution in [2.75, 3.05) is 26.8 Å². The van der Waals surface area contributed by atoms with Gasteiger partial charge >= 0.3 is 6.09 Å². The first-order valence-electron chi connectivity index (χ1n) is 8.89. The Labute approximate surface area is 147 Å². The predicted octanol–water partition coefficient (Wildman–Crippen LogP) is 2.89. The average Bonchev–Trinajstić information content (AvgIpc) is 3.28. The van der Waals surface area contributed by atoms with Crippen LogP contribution in [0.1, 0.15) is 24.0 Å². The van der Waals surface area contributed by atoms with Gasteiger partial charge in [-0.3, -0.25) is 0 Å². The molecule has 4 rings (SSSR count). The second kappa shape index (κ2) is 6.78. The van der Waals surface area contributed by atoms with Crippen molar-refractivity contribution in [1.29, 1.82) is 0 Å². The predicted molar refractivity (Wildman–Crippen MR) is 93.8 cm³/mol. The molecular formula is C19H23N3O3. The molecule has 2 aliphatic rings. The van der Waals surface area contributed by atoms with Gasteiger partial charge in [0.15, 0.2) is 0 Å². The second-order valence-corrected chi connectivity index (χ2v) is 6.57. The number of aromatic nitrogens is 2. The van der Waals surface area contributed by atoms with Crippen LogP contribution in [0.4, 0.5) is 4.79 Å². The minimum absolute atomic E-state index is 0.219. The Balaban J connectivity index is 1.58. The smallest absolute Gasteiger partial charge is 0.409 e. The Bertz CT molecular complexity index is 784. The van der Waals surface area contributed by atoms with Crippen LogP contribution in [-0.2, 0) is 24.1 Å². The zero-order valence-corrected chi connectivity index (χ0v) is 14.5. The molecule has 0 saturated carbocycles. The highest BCUT2D eigenvalue weighted by Gasteiger charge is 2.21. The van der Waals surface area contributed by atoms with E-state index in [4.69, 9.17) is 9.47 Å². The number of fused-ring (bicyclic) bond motifs is 1. The monoisotopic (exact) mass is 341 g/mol. The maximum absolute atomic E-state index is 11.8. The normalized spacial score (nSPS) is 16.7. The molecule has 1 aliphatic carbocycles. The highest BCUT2D eigenvalue weighted by atomic mass is 16.6. The number of aryl methyl sites for hydroxylation is 2. The molecule has 1 aromatic heterocycles. The maximum atomic E-state index is 11.8. The fraction of sp³-hybridized carbons (Fsp3) is 0.474. The van der Waals surface area contributed by atoms with E-state index in [9.17, 15) is 4.79 Å². The van der Waals surface area contributed by atoms with Gasteiger partial charge in [-0.15, -0.1) is 0 Å². The van der Waals surface area contributed by atoms with E-state index in [1.54, 1.807) is 18.2 Å². The number of imidazole rings is 1. The zero-order chi connectivity index (χ0) is 17.2. The Morgan fingerprint density at radius 2 is 2.04 bits per heavy atom. The third-order valence-electron chi connectivity index (χ3n) is 5.04. The van der Waals surface area contributed by atoms with Crippen LogP contribution in [0.25, 0.3) is 11.4 Å². The average molecular weight is 341 g/mol. The highest BCUT2D eigenvalue weighted by Crippen LogP contribution is 2.35. The van der Waals surface area contributed by atoms with Crippen LogP contribution in [0.5, 0.6) is 5.75 Å². The first-order chi connectivity index (χ1) is 12.3. The second-order valence-electron chi connectivity index (χ2n) is 6.57. The highest BCUT2D eigenvalue weighted by molar-refractivity contribution is 5.69. The number of nitrogens with zero attached hydrogens (tertiary/aromatic N) is 3. The van der Waals surface area contributed by atoms with E-state index >= 15 is 0 Å². The number of cyclic esters (lactones) is 1. The lowest BCUT2D eigenvalue weighted by atomic mass is 10.0. The Kier molecular flexibility index (Phi) is 4.34. The molecule has 132 valence electrons. The summed E-state index contributed by atoms with van der Waals surface area (Å²) in [4.78, 5) is 18.1. The Morgan fingerprint density at radius 3 is 2.84 bits per heavy atom. The van der Waals surface area contributed by atoms with Crippen LogP contribution in [-0.4, -0.2) is 47.4 Å². The number of benzene rings is 1. The van der Waals surface area contributed by atoms with Gasteiger partial charge in [0.2, 0.25) is 0 Å². The quantitative estimate of drug-likeness (QED) is 0.839. The third kappa shape index (κ3) is 3.08. The van der Waals surface area contributed by atoms with E-state index in [0.717, 1.165) is 42.9 Å². The molecule has 1 fully saturated rings. The molecule has 0 radical (unpaired) electrons.